The number of hydrogen-bond acceptors (Lipinski definition) is 5. The Balaban J connectivity index is 2.74. The Kier molecular flexibility index (Phi) is 5.76. The quantitative estimate of drug-likeness (QED) is 0.512. The Hall–Kier alpha value is -1.34. The number of H-pyrrole nitrogens is 1. The number of amides is 1. The third-order valence-electron chi connectivity index (χ3n) is 2.81. The van der Waals surface area contributed by atoms with Gasteiger partial charge in [0.15, 0.2) is 5.16 Å². The highest BCUT2D eigenvalue weighted by molar-refractivity contribution is 7.99. The van der Waals surface area contributed by atoms with Gasteiger partial charge in [0.1, 0.15) is 0 Å². The van der Waals surface area contributed by atoms with Gasteiger partial charge in [-0.3, -0.25) is 9.59 Å². The van der Waals surface area contributed by atoms with Crippen LogP contribution in [0.5, 0.6) is 0 Å². The van der Waals surface area contributed by atoms with Crippen LogP contribution in [-0.2, 0) is 4.79 Å². The molecule has 1 aromatic rings. The van der Waals surface area contributed by atoms with E-state index in [0.717, 1.165) is 0 Å². The number of hydrogen-bond donors (Lipinski definition) is 3. The second kappa shape index (κ2) is 6.90. The molecule has 0 aliphatic heterocycles. The van der Waals surface area contributed by atoms with E-state index in [4.69, 9.17) is 5.73 Å². The molecule has 4 N–H and O–H groups in total. The molecule has 6 nitrogen and oxygen atoms in total. The molecule has 2 atom stereocenters. The number of thioether (sulfide) groups is 1. The van der Waals surface area contributed by atoms with Crippen LogP contribution in [0, 0.1) is 0 Å². The fourth-order valence-electron chi connectivity index (χ4n) is 2.09. The molecule has 0 radical (unpaired) electrons. The lowest BCUT2D eigenvalue weighted by Crippen LogP contribution is -2.56. The molecular weight excluding hydrogens is 276 g/mol. The number of carbonyl (C=O) groups excluding carboxylic acids is 1. The first-order valence-corrected chi connectivity index (χ1v) is 7.40. The van der Waals surface area contributed by atoms with Gasteiger partial charge < -0.3 is 16.0 Å². The lowest BCUT2D eigenvalue weighted by Gasteiger charge is -2.31. The van der Waals surface area contributed by atoms with Gasteiger partial charge in [-0.2, -0.15) is 0 Å². The molecule has 0 spiro atoms. The lowest BCUT2D eigenvalue weighted by molar-refractivity contribution is -0.124. The summed E-state index contributed by atoms with van der Waals surface area (Å²) in [6, 6.07) is 1.52. The summed E-state index contributed by atoms with van der Waals surface area (Å²) in [7, 11) is 0. The van der Waals surface area contributed by atoms with Crippen LogP contribution in [0.25, 0.3) is 0 Å². The maximum Gasteiger partial charge on any atom is 0.251 e. The number of rotatable bonds is 7. The monoisotopic (exact) mass is 298 g/mol. The van der Waals surface area contributed by atoms with Crippen LogP contribution < -0.4 is 16.6 Å². The first kappa shape index (κ1) is 16.7. The van der Waals surface area contributed by atoms with Crippen molar-refractivity contribution >= 4 is 17.7 Å². The fourth-order valence-corrected chi connectivity index (χ4v) is 3.17. The van der Waals surface area contributed by atoms with Crippen molar-refractivity contribution in [2.45, 2.75) is 56.1 Å². The average Bonchev–Trinajstić information content (AvgIpc) is 2.26. The minimum absolute atomic E-state index is 0.0734. The van der Waals surface area contributed by atoms with Crippen molar-refractivity contribution < 1.29 is 4.79 Å². The van der Waals surface area contributed by atoms with E-state index in [2.05, 4.69) is 15.3 Å². The van der Waals surface area contributed by atoms with Crippen LogP contribution >= 0.6 is 11.8 Å². The second-order valence-electron chi connectivity index (χ2n) is 5.37. The molecule has 7 heteroatoms. The molecule has 0 aliphatic carbocycles. The van der Waals surface area contributed by atoms with Gasteiger partial charge in [0, 0.05) is 23.6 Å². The van der Waals surface area contributed by atoms with Crippen molar-refractivity contribution in [2.24, 2.45) is 5.73 Å². The number of primary amides is 1. The first-order valence-electron chi connectivity index (χ1n) is 6.52. The average molecular weight is 298 g/mol. The number of nitrogens with zero attached hydrogens (tertiary/aromatic N) is 1. The molecule has 1 aromatic heterocycles. The van der Waals surface area contributed by atoms with Gasteiger partial charge in [-0.25, -0.2) is 4.98 Å². The Morgan fingerprint density at radius 2 is 2.20 bits per heavy atom. The van der Waals surface area contributed by atoms with Crippen LogP contribution in [-0.4, -0.2) is 32.7 Å². The minimum atomic E-state index is -0.782. The van der Waals surface area contributed by atoms with Gasteiger partial charge in [-0.15, -0.1) is 0 Å². The molecule has 1 heterocycles. The summed E-state index contributed by atoms with van der Waals surface area (Å²) < 4.78 is 0. The van der Waals surface area contributed by atoms with Crippen molar-refractivity contribution in [3.05, 3.63) is 22.6 Å². The van der Waals surface area contributed by atoms with Gasteiger partial charge in [0.05, 0.1) is 5.54 Å². The highest BCUT2D eigenvalue weighted by Crippen LogP contribution is 2.26. The van der Waals surface area contributed by atoms with E-state index in [1.807, 2.05) is 20.8 Å². The summed E-state index contributed by atoms with van der Waals surface area (Å²) in [4.78, 5) is 29.6. The molecule has 0 aromatic carbocycles. The summed E-state index contributed by atoms with van der Waals surface area (Å²) in [5, 5.41) is 3.82. The van der Waals surface area contributed by atoms with E-state index >= 15 is 0 Å². The van der Waals surface area contributed by atoms with E-state index in [1.54, 1.807) is 6.92 Å². The third-order valence-corrected chi connectivity index (χ3v) is 3.81. The molecule has 0 fully saturated rings. The van der Waals surface area contributed by atoms with Crippen LogP contribution in [0.1, 0.15) is 34.1 Å². The predicted octanol–water partition coefficient (Wildman–Crippen LogP) is 0.883. The summed E-state index contributed by atoms with van der Waals surface area (Å²) in [6.07, 6.45) is 2.01. The van der Waals surface area contributed by atoms with Crippen LogP contribution in [0.15, 0.2) is 22.2 Å². The van der Waals surface area contributed by atoms with Gasteiger partial charge in [-0.1, -0.05) is 18.7 Å². The smallest absolute Gasteiger partial charge is 0.251 e. The number of nitrogens with two attached hydrogens (primary N) is 1. The highest BCUT2D eigenvalue weighted by Gasteiger charge is 2.33. The molecular formula is C13H22N4O2S. The topological polar surface area (TPSA) is 101 Å². The fraction of sp³-hybridized carbons (Fsp3) is 0.615. The van der Waals surface area contributed by atoms with E-state index in [-0.39, 0.29) is 22.8 Å². The van der Waals surface area contributed by atoms with Crippen molar-refractivity contribution in [2.75, 3.05) is 0 Å². The molecule has 0 bridgehead atoms. The van der Waals surface area contributed by atoms with Crippen molar-refractivity contribution in [1.82, 2.24) is 15.3 Å². The molecule has 20 heavy (non-hydrogen) atoms. The number of carbonyl (C=O) groups is 1. The zero-order valence-electron chi connectivity index (χ0n) is 12.3. The van der Waals surface area contributed by atoms with Gasteiger partial charge in [0.25, 0.3) is 5.56 Å². The number of nitrogens with one attached hydrogen (secondary N) is 2. The predicted molar refractivity (Wildman–Crippen MR) is 80.7 cm³/mol. The molecule has 0 aliphatic rings. The van der Waals surface area contributed by atoms with Gasteiger partial charge in [-0.05, 0) is 27.2 Å². The van der Waals surface area contributed by atoms with Crippen molar-refractivity contribution in [3.8, 4) is 0 Å². The zero-order chi connectivity index (χ0) is 15.3. The number of aromatic nitrogens is 2. The standard InChI is InChI=1S/C13H22N4O2S/c1-8(2)17-13(4,11(14)19)7-9(3)20-12-15-6-5-10(18)16-12/h5-6,8-9,17H,7H2,1-4H3,(H2,14,19)(H,15,16,18). The minimum Gasteiger partial charge on any atom is -0.368 e. The number of aromatic amines is 1. The Bertz CT molecular complexity index is 517. The normalized spacial score (nSPS) is 15.8. The molecule has 0 saturated heterocycles. The molecule has 2 unspecified atom stereocenters. The molecule has 0 saturated carbocycles. The van der Waals surface area contributed by atoms with Crippen molar-refractivity contribution in [1.29, 1.82) is 0 Å². The van der Waals surface area contributed by atoms with E-state index in [9.17, 15) is 9.59 Å². The maximum absolute atomic E-state index is 11.7. The summed E-state index contributed by atoms with van der Waals surface area (Å²) >= 11 is 1.41. The molecule has 112 valence electrons. The van der Waals surface area contributed by atoms with Crippen molar-refractivity contribution in [3.63, 3.8) is 0 Å². The highest BCUT2D eigenvalue weighted by atomic mass is 32.2. The first-order chi connectivity index (χ1) is 9.23. The second-order valence-corrected chi connectivity index (χ2v) is 6.79. The molecule has 1 amide bonds. The maximum atomic E-state index is 11.7. The molecule has 1 rings (SSSR count). The lowest BCUT2D eigenvalue weighted by atomic mass is 9.94. The van der Waals surface area contributed by atoms with Gasteiger partial charge in [0.2, 0.25) is 5.91 Å². The van der Waals surface area contributed by atoms with Crippen LogP contribution in [0.4, 0.5) is 0 Å². The Labute approximate surface area is 122 Å². The van der Waals surface area contributed by atoms with E-state index in [1.165, 1.54) is 24.0 Å². The van der Waals surface area contributed by atoms with Crippen LogP contribution in [0.2, 0.25) is 0 Å². The van der Waals surface area contributed by atoms with Gasteiger partial charge >= 0.3 is 0 Å². The summed E-state index contributed by atoms with van der Waals surface area (Å²) in [6.45, 7) is 7.71. The Morgan fingerprint density at radius 3 is 2.70 bits per heavy atom. The summed E-state index contributed by atoms with van der Waals surface area (Å²) in [5.41, 5.74) is 4.53. The Morgan fingerprint density at radius 1 is 1.55 bits per heavy atom. The largest absolute Gasteiger partial charge is 0.368 e. The third kappa shape index (κ3) is 4.97. The van der Waals surface area contributed by atoms with E-state index in [0.29, 0.717) is 11.6 Å². The van der Waals surface area contributed by atoms with E-state index < -0.39 is 5.54 Å². The van der Waals surface area contributed by atoms with Crippen LogP contribution in [0.3, 0.4) is 0 Å². The SMILES string of the molecule is CC(C)NC(C)(CC(C)Sc1nccc(=O)[nH]1)C(N)=O. The zero-order valence-corrected chi connectivity index (χ0v) is 13.1. The summed E-state index contributed by atoms with van der Waals surface area (Å²) in [5.74, 6) is -0.381.